The lowest BCUT2D eigenvalue weighted by Crippen LogP contribution is -2.49. The largest absolute Gasteiger partial charge is 0.481 e. The van der Waals surface area contributed by atoms with Crippen molar-refractivity contribution in [3.8, 4) is 5.75 Å². The predicted octanol–water partition coefficient (Wildman–Crippen LogP) is 3.52. The summed E-state index contributed by atoms with van der Waals surface area (Å²) in [6.07, 6.45) is -3.63. The van der Waals surface area contributed by atoms with Crippen LogP contribution in [-0.4, -0.2) is 40.3 Å². The molecule has 1 aliphatic rings. The van der Waals surface area contributed by atoms with Crippen molar-refractivity contribution in [1.82, 2.24) is 10.3 Å². The van der Waals surface area contributed by atoms with Gasteiger partial charge in [0.05, 0.1) is 0 Å². The van der Waals surface area contributed by atoms with Crippen molar-refractivity contribution in [2.24, 2.45) is 5.41 Å². The highest BCUT2D eigenvalue weighted by atomic mass is 19.4. The van der Waals surface area contributed by atoms with Crippen LogP contribution in [0.3, 0.4) is 0 Å². The standard InChI is InChI=1S/C18H23F3N2O4/c1-9(18(19,20)21)27-13-7-12(22-8-11(13)10-5-6-10)15(24)23-14(16(25)26)17(2,3)4/h7-10,14H,5-6H2,1-4H3,(H,23,24)(H,25,26). The zero-order chi connectivity index (χ0) is 20.6. The molecule has 0 bridgehead atoms. The summed E-state index contributed by atoms with van der Waals surface area (Å²) in [5, 5.41) is 11.7. The molecule has 1 amide bonds. The molecular formula is C18H23F3N2O4. The molecule has 6 nitrogen and oxygen atoms in total. The number of carboxylic acid groups (broad SMARTS) is 1. The molecule has 1 aromatic heterocycles. The van der Waals surface area contributed by atoms with Crippen LogP contribution in [0.25, 0.3) is 0 Å². The number of aliphatic carboxylic acids is 1. The lowest BCUT2D eigenvalue weighted by molar-refractivity contribution is -0.189. The number of ether oxygens (including phenoxy) is 1. The Bertz CT molecular complexity index is 724. The fourth-order valence-corrected chi connectivity index (χ4v) is 2.49. The Morgan fingerprint density at radius 1 is 1.30 bits per heavy atom. The molecule has 2 rings (SSSR count). The normalized spacial score (nSPS) is 17.1. The van der Waals surface area contributed by atoms with E-state index in [9.17, 15) is 27.9 Å². The second kappa shape index (κ2) is 7.36. The van der Waals surface area contributed by atoms with Gasteiger partial charge in [-0.05, 0) is 31.1 Å². The van der Waals surface area contributed by atoms with Gasteiger partial charge in [-0.3, -0.25) is 9.78 Å². The van der Waals surface area contributed by atoms with Crippen LogP contribution in [0.15, 0.2) is 12.3 Å². The number of nitrogens with one attached hydrogen (secondary N) is 1. The van der Waals surface area contributed by atoms with Gasteiger partial charge < -0.3 is 15.2 Å². The number of alkyl halides is 3. The third-order valence-corrected chi connectivity index (χ3v) is 4.30. The van der Waals surface area contributed by atoms with Crippen molar-refractivity contribution in [3.05, 3.63) is 23.5 Å². The molecule has 1 fully saturated rings. The van der Waals surface area contributed by atoms with Crippen LogP contribution in [0.4, 0.5) is 13.2 Å². The molecule has 2 unspecified atom stereocenters. The van der Waals surface area contributed by atoms with Gasteiger partial charge in [-0.1, -0.05) is 20.8 Å². The van der Waals surface area contributed by atoms with E-state index in [1.165, 1.54) is 6.20 Å². The average molecular weight is 388 g/mol. The number of pyridine rings is 1. The predicted molar refractivity (Wildman–Crippen MR) is 90.7 cm³/mol. The van der Waals surface area contributed by atoms with Crippen molar-refractivity contribution in [3.63, 3.8) is 0 Å². The highest BCUT2D eigenvalue weighted by molar-refractivity contribution is 5.95. The molecule has 0 radical (unpaired) electrons. The first-order valence-corrected chi connectivity index (χ1v) is 8.57. The van der Waals surface area contributed by atoms with E-state index in [2.05, 4.69) is 10.3 Å². The first-order chi connectivity index (χ1) is 12.3. The summed E-state index contributed by atoms with van der Waals surface area (Å²) >= 11 is 0. The molecule has 0 saturated heterocycles. The van der Waals surface area contributed by atoms with Gasteiger partial charge in [0, 0.05) is 17.8 Å². The zero-order valence-electron chi connectivity index (χ0n) is 15.6. The van der Waals surface area contributed by atoms with Gasteiger partial charge in [0.15, 0.2) is 6.10 Å². The average Bonchev–Trinajstić information content (AvgIpc) is 3.34. The Kier molecular flexibility index (Phi) is 5.72. The van der Waals surface area contributed by atoms with E-state index < -0.39 is 35.6 Å². The Hall–Kier alpha value is -2.32. The third-order valence-electron chi connectivity index (χ3n) is 4.30. The van der Waals surface area contributed by atoms with Gasteiger partial charge in [-0.15, -0.1) is 0 Å². The Labute approximate surface area is 155 Å². The first kappa shape index (κ1) is 21.0. The minimum Gasteiger partial charge on any atom is -0.481 e. The highest BCUT2D eigenvalue weighted by Gasteiger charge is 2.39. The number of halogens is 3. The van der Waals surface area contributed by atoms with E-state index >= 15 is 0 Å². The quantitative estimate of drug-likeness (QED) is 0.779. The van der Waals surface area contributed by atoms with E-state index in [0.29, 0.717) is 5.56 Å². The third kappa shape index (κ3) is 5.33. The minimum absolute atomic E-state index is 0.0508. The van der Waals surface area contributed by atoms with E-state index in [1.54, 1.807) is 20.8 Å². The van der Waals surface area contributed by atoms with Crippen LogP contribution in [0, 0.1) is 5.41 Å². The molecule has 1 heterocycles. The number of rotatable bonds is 6. The number of aromatic nitrogens is 1. The Balaban J connectivity index is 2.28. The maximum atomic E-state index is 12.8. The van der Waals surface area contributed by atoms with Gasteiger partial charge in [-0.25, -0.2) is 4.79 Å². The molecule has 0 aromatic carbocycles. The lowest BCUT2D eigenvalue weighted by atomic mass is 9.86. The molecule has 150 valence electrons. The second-order valence-corrected chi connectivity index (χ2v) is 7.79. The fourth-order valence-electron chi connectivity index (χ4n) is 2.49. The maximum absolute atomic E-state index is 12.8. The van der Waals surface area contributed by atoms with Gasteiger partial charge in [-0.2, -0.15) is 13.2 Å². The number of nitrogens with zero attached hydrogens (tertiary/aromatic N) is 1. The summed E-state index contributed by atoms with van der Waals surface area (Å²) < 4.78 is 43.6. The van der Waals surface area contributed by atoms with Crippen molar-refractivity contribution in [2.75, 3.05) is 0 Å². The smallest absolute Gasteiger partial charge is 0.425 e. The van der Waals surface area contributed by atoms with Gasteiger partial charge in [0.25, 0.3) is 5.91 Å². The van der Waals surface area contributed by atoms with Crippen molar-refractivity contribution < 1.29 is 32.6 Å². The lowest BCUT2D eigenvalue weighted by Gasteiger charge is -2.27. The zero-order valence-corrected chi connectivity index (χ0v) is 15.6. The first-order valence-electron chi connectivity index (χ1n) is 8.57. The highest BCUT2D eigenvalue weighted by Crippen LogP contribution is 2.44. The molecule has 2 atom stereocenters. The van der Waals surface area contributed by atoms with E-state index in [4.69, 9.17) is 4.74 Å². The fraction of sp³-hybridized carbons (Fsp3) is 0.611. The molecule has 0 spiro atoms. The maximum Gasteiger partial charge on any atom is 0.425 e. The summed E-state index contributed by atoms with van der Waals surface area (Å²) in [6, 6.07) is -0.0411. The summed E-state index contributed by atoms with van der Waals surface area (Å²) in [5.74, 6) is -1.99. The van der Waals surface area contributed by atoms with Crippen LogP contribution >= 0.6 is 0 Å². The number of carboxylic acids is 1. The topological polar surface area (TPSA) is 88.5 Å². The Morgan fingerprint density at radius 3 is 2.33 bits per heavy atom. The van der Waals surface area contributed by atoms with E-state index in [-0.39, 0.29) is 17.4 Å². The number of carbonyl (C=O) groups is 2. The number of amides is 1. The second-order valence-electron chi connectivity index (χ2n) is 7.79. The molecule has 0 aliphatic heterocycles. The molecule has 9 heteroatoms. The number of hydrogen-bond acceptors (Lipinski definition) is 4. The summed E-state index contributed by atoms with van der Waals surface area (Å²) in [6.45, 7) is 5.83. The molecule has 1 saturated carbocycles. The summed E-state index contributed by atoms with van der Waals surface area (Å²) in [5.41, 5.74) is -0.438. The minimum atomic E-state index is -4.55. The van der Waals surface area contributed by atoms with Crippen LogP contribution in [0.1, 0.15) is 62.5 Å². The molecule has 1 aliphatic carbocycles. The number of carbonyl (C=O) groups excluding carboxylic acids is 1. The van der Waals surface area contributed by atoms with E-state index in [0.717, 1.165) is 25.8 Å². The molecule has 27 heavy (non-hydrogen) atoms. The van der Waals surface area contributed by atoms with E-state index in [1.807, 2.05) is 0 Å². The van der Waals surface area contributed by atoms with Crippen LogP contribution < -0.4 is 10.1 Å². The summed E-state index contributed by atoms with van der Waals surface area (Å²) in [7, 11) is 0. The van der Waals surface area contributed by atoms with Gasteiger partial charge in [0.2, 0.25) is 0 Å². The van der Waals surface area contributed by atoms with Gasteiger partial charge in [0.1, 0.15) is 17.5 Å². The molecular weight excluding hydrogens is 365 g/mol. The monoisotopic (exact) mass is 388 g/mol. The van der Waals surface area contributed by atoms with Crippen LogP contribution in [-0.2, 0) is 4.79 Å². The Morgan fingerprint density at radius 2 is 1.89 bits per heavy atom. The SMILES string of the molecule is CC(Oc1cc(C(=O)NC(C(=O)O)C(C)(C)C)ncc1C1CC1)C(F)(F)F. The van der Waals surface area contributed by atoms with Crippen LogP contribution in [0.2, 0.25) is 0 Å². The molecule has 2 N–H and O–H groups in total. The molecule has 1 aromatic rings. The van der Waals surface area contributed by atoms with Crippen molar-refractivity contribution >= 4 is 11.9 Å². The summed E-state index contributed by atoms with van der Waals surface area (Å²) in [4.78, 5) is 27.8. The van der Waals surface area contributed by atoms with Gasteiger partial charge >= 0.3 is 12.1 Å². The van der Waals surface area contributed by atoms with Crippen molar-refractivity contribution in [1.29, 1.82) is 0 Å². The van der Waals surface area contributed by atoms with Crippen LogP contribution in [0.5, 0.6) is 5.75 Å². The number of hydrogen-bond donors (Lipinski definition) is 2. The van der Waals surface area contributed by atoms with Crippen molar-refractivity contribution in [2.45, 2.75) is 64.8 Å².